The fourth-order valence-electron chi connectivity index (χ4n) is 3.87. The van der Waals surface area contributed by atoms with Gasteiger partial charge in [-0.3, -0.25) is 14.5 Å². The van der Waals surface area contributed by atoms with Crippen LogP contribution in [-0.2, 0) is 23.7 Å². The third-order valence-electron chi connectivity index (χ3n) is 5.87. The molecule has 12 heteroatoms. The first-order valence-corrected chi connectivity index (χ1v) is 11.5. The van der Waals surface area contributed by atoms with Crippen LogP contribution in [0.25, 0.3) is 0 Å². The zero-order chi connectivity index (χ0) is 26.5. The molecule has 1 aliphatic heterocycles. The second-order valence-corrected chi connectivity index (χ2v) is 9.06. The van der Waals surface area contributed by atoms with E-state index in [0.29, 0.717) is 23.7 Å². The highest BCUT2D eigenvalue weighted by molar-refractivity contribution is 6.30. The molecule has 0 aliphatic carbocycles. The molecule has 196 valence electrons. The molecule has 2 N–H and O–H groups in total. The van der Waals surface area contributed by atoms with Gasteiger partial charge in [-0.25, -0.2) is 0 Å². The summed E-state index contributed by atoms with van der Waals surface area (Å²) in [4.78, 5) is 26.6. The molecule has 2 aromatic rings. The van der Waals surface area contributed by atoms with Crippen LogP contribution in [0.1, 0.15) is 39.9 Å². The van der Waals surface area contributed by atoms with E-state index in [1.807, 2.05) is 24.3 Å². The maximum absolute atomic E-state index is 13.0. The molecule has 36 heavy (non-hydrogen) atoms. The van der Waals surface area contributed by atoms with Crippen LogP contribution < -0.4 is 10.6 Å². The molecule has 0 unspecified atom stereocenters. The van der Waals surface area contributed by atoms with E-state index < -0.39 is 47.4 Å². The zero-order valence-electron chi connectivity index (χ0n) is 19.0. The average molecular weight is 536 g/mol. The van der Waals surface area contributed by atoms with Crippen LogP contribution in [-0.4, -0.2) is 42.9 Å². The number of benzene rings is 2. The fraction of sp³-hybridized carbons (Fsp3) is 0.417. The molecule has 2 amide bonds. The summed E-state index contributed by atoms with van der Waals surface area (Å²) in [6, 6.07) is 8.17. The number of hydrogen-bond acceptors (Lipinski definition) is 3. The van der Waals surface area contributed by atoms with Crippen molar-refractivity contribution in [2.24, 2.45) is 5.92 Å². The number of alkyl halides is 6. The lowest BCUT2D eigenvalue weighted by Crippen LogP contribution is -2.41. The standard InChI is InChI=1S/C24H24ClF6N3O2/c25-20-3-1-16(2-4-20)14-34-7-5-15(6-8-34)12-32-21(35)13-33-22(36)17-9-18(23(26,27)28)11-19(10-17)24(29,30)31/h1-4,9-11,15H,5-8,12-14H2,(H,32,35)(H,33,36). The minimum atomic E-state index is -5.07. The SMILES string of the molecule is O=C(CNC(=O)c1cc(C(F)(F)F)cc(C(F)(F)F)c1)NCC1CCN(Cc2ccc(Cl)cc2)CC1. The number of carbonyl (C=O) groups excluding carboxylic acids is 2. The number of rotatable bonds is 7. The molecule has 5 nitrogen and oxygen atoms in total. The smallest absolute Gasteiger partial charge is 0.354 e. The Kier molecular flexibility index (Phi) is 8.89. The van der Waals surface area contributed by atoms with Gasteiger partial charge in [-0.1, -0.05) is 23.7 Å². The molecule has 0 atom stereocenters. The summed E-state index contributed by atoms with van der Waals surface area (Å²) in [5.74, 6) is -1.59. The maximum Gasteiger partial charge on any atom is 0.416 e. The Morgan fingerprint density at radius 2 is 1.44 bits per heavy atom. The molecular formula is C24H24ClF6N3O2. The van der Waals surface area contributed by atoms with E-state index in [4.69, 9.17) is 11.6 Å². The monoisotopic (exact) mass is 535 g/mol. The first-order valence-electron chi connectivity index (χ1n) is 11.1. The molecule has 1 heterocycles. The predicted molar refractivity (Wildman–Crippen MR) is 121 cm³/mol. The number of piperidine rings is 1. The number of likely N-dealkylation sites (tertiary alicyclic amines) is 1. The number of amides is 2. The molecule has 1 aliphatic rings. The van der Waals surface area contributed by atoms with Crippen LogP contribution in [0.15, 0.2) is 42.5 Å². The van der Waals surface area contributed by atoms with Crippen LogP contribution in [0.2, 0.25) is 5.02 Å². The van der Waals surface area contributed by atoms with Gasteiger partial charge in [0.25, 0.3) is 5.91 Å². The Hall–Kier alpha value is -2.79. The van der Waals surface area contributed by atoms with Crippen molar-refractivity contribution in [1.29, 1.82) is 0 Å². The van der Waals surface area contributed by atoms with Gasteiger partial charge in [-0.15, -0.1) is 0 Å². The summed E-state index contributed by atoms with van der Waals surface area (Å²) in [5.41, 5.74) is -2.90. The van der Waals surface area contributed by atoms with Crippen LogP contribution in [0.3, 0.4) is 0 Å². The number of carbonyl (C=O) groups is 2. The van der Waals surface area contributed by atoms with Gasteiger partial charge in [-0.05, 0) is 67.7 Å². The summed E-state index contributed by atoms with van der Waals surface area (Å²) >= 11 is 5.90. The van der Waals surface area contributed by atoms with Crippen molar-refractivity contribution in [3.8, 4) is 0 Å². The van der Waals surface area contributed by atoms with Crippen LogP contribution in [0, 0.1) is 5.92 Å². The molecule has 0 saturated carbocycles. The fourth-order valence-corrected chi connectivity index (χ4v) is 3.99. The maximum atomic E-state index is 13.0. The molecule has 0 bridgehead atoms. The Bertz CT molecular complexity index is 1030. The van der Waals surface area contributed by atoms with Crippen LogP contribution in [0.4, 0.5) is 26.3 Å². The van der Waals surface area contributed by atoms with Crippen LogP contribution >= 0.6 is 11.6 Å². The highest BCUT2D eigenvalue weighted by Crippen LogP contribution is 2.36. The van der Waals surface area contributed by atoms with Gasteiger partial charge in [0.15, 0.2) is 0 Å². The second kappa shape index (κ2) is 11.5. The normalized spacial score (nSPS) is 15.5. The van der Waals surface area contributed by atoms with Crippen molar-refractivity contribution in [2.75, 3.05) is 26.2 Å². The van der Waals surface area contributed by atoms with Gasteiger partial charge >= 0.3 is 12.4 Å². The number of nitrogens with zero attached hydrogens (tertiary/aromatic N) is 1. The second-order valence-electron chi connectivity index (χ2n) is 8.63. The van der Waals surface area contributed by atoms with Crippen molar-refractivity contribution < 1.29 is 35.9 Å². The molecule has 0 spiro atoms. The molecule has 1 fully saturated rings. The summed E-state index contributed by atoms with van der Waals surface area (Å²) in [5, 5.41) is 5.40. The van der Waals surface area contributed by atoms with E-state index in [0.717, 1.165) is 38.0 Å². The largest absolute Gasteiger partial charge is 0.416 e. The minimum absolute atomic E-state index is 0.0652. The lowest BCUT2D eigenvalue weighted by molar-refractivity contribution is -0.143. The van der Waals surface area contributed by atoms with Crippen molar-refractivity contribution >= 4 is 23.4 Å². The first-order chi connectivity index (χ1) is 16.8. The van der Waals surface area contributed by atoms with Gasteiger partial charge in [0.05, 0.1) is 17.7 Å². The lowest BCUT2D eigenvalue weighted by Gasteiger charge is -2.32. The van der Waals surface area contributed by atoms with Gasteiger partial charge < -0.3 is 10.6 Å². The summed E-state index contributed by atoms with van der Waals surface area (Å²) in [7, 11) is 0. The zero-order valence-corrected chi connectivity index (χ0v) is 19.7. The van der Waals surface area contributed by atoms with Gasteiger partial charge in [-0.2, -0.15) is 26.3 Å². The summed E-state index contributed by atoms with van der Waals surface area (Å²) in [6.45, 7) is 2.22. The van der Waals surface area contributed by atoms with Crippen molar-refractivity contribution in [1.82, 2.24) is 15.5 Å². The Morgan fingerprint density at radius 1 is 0.889 bits per heavy atom. The van der Waals surface area contributed by atoms with E-state index in [1.54, 1.807) is 0 Å². The Labute approximate surface area is 208 Å². The number of halogens is 7. The summed E-state index contributed by atoms with van der Waals surface area (Å²) in [6.07, 6.45) is -8.47. The topological polar surface area (TPSA) is 61.4 Å². The Balaban J connectivity index is 1.45. The molecule has 3 rings (SSSR count). The highest BCUT2D eigenvalue weighted by atomic mass is 35.5. The third kappa shape index (κ3) is 8.12. The van der Waals surface area contributed by atoms with E-state index in [1.165, 1.54) is 0 Å². The van der Waals surface area contributed by atoms with Gasteiger partial charge in [0.1, 0.15) is 0 Å². The number of nitrogens with one attached hydrogen (secondary N) is 2. The predicted octanol–water partition coefficient (Wildman–Crippen LogP) is 5.14. The first kappa shape index (κ1) is 27.8. The van der Waals surface area contributed by atoms with Gasteiger partial charge in [0.2, 0.25) is 5.91 Å². The molecule has 2 aromatic carbocycles. The average Bonchev–Trinajstić information content (AvgIpc) is 2.82. The lowest BCUT2D eigenvalue weighted by atomic mass is 9.96. The van der Waals surface area contributed by atoms with Crippen molar-refractivity contribution in [2.45, 2.75) is 31.7 Å². The van der Waals surface area contributed by atoms with Crippen molar-refractivity contribution in [3.63, 3.8) is 0 Å². The Morgan fingerprint density at radius 3 is 1.97 bits per heavy atom. The minimum Gasteiger partial charge on any atom is -0.354 e. The molecule has 0 radical (unpaired) electrons. The third-order valence-corrected chi connectivity index (χ3v) is 6.13. The number of hydrogen-bond donors (Lipinski definition) is 2. The quantitative estimate of drug-likeness (QED) is 0.483. The van der Waals surface area contributed by atoms with Crippen LogP contribution in [0.5, 0.6) is 0 Å². The molecule has 1 saturated heterocycles. The summed E-state index contributed by atoms with van der Waals surface area (Å²) < 4.78 is 77.8. The van der Waals surface area contributed by atoms with E-state index in [2.05, 4.69) is 15.5 Å². The van der Waals surface area contributed by atoms with E-state index >= 15 is 0 Å². The molecule has 0 aromatic heterocycles. The molecular weight excluding hydrogens is 512 g/mol. The van der Waals surface area contributed by atoms with Crippen molar-refractivity contribution in [3.05, 3.63) is 69.7 Å². The van der Waals surface area contributed by atoms with Gasteiger partial charge in [0, 0.05) is 23.7 Å². The van der Waals surface area contributed by atoms with E-state index in [-0.39, 0.29) is 12.0 Å². The van der Waals surface area contributed by atoms with E-state index in [9.17, 15) is 35.9 Å². The highest BCUT2D eigenvalue weighted by Gasteiger charge is 2.37.